The third-order valence-corrected chi connectivity index (χ3v) is 3.63. The molecule has 2 aromatic rings. The van der Waals surface area contributed by atoms with Crippen LogP contribution >= 0.6 is 16.1 Å². The third kappa shape index (κ3) is 7.49. The number of benzene rings is 2. The quantitative estimate of drug-likeness (QED) is 0.582. The van der Waals surface area contributed by atoms with Gasteiger partial charge in [-0.3, -0.25) is 0 Å². The van der Waals surface area contributed by atoms with Crippen molar-refractivity contribution in [3.05, 3.63) is 60.7 Å². The summed E-state index contributed by atoms with van der Waals surface area (Å²) in [5.41, 5.74) is 0. The minimum atomic E-state index is -2.71. The van der Waals surface area contributed by atoms with Gasteiger partial charge in [-0.05, 0) is 10.6 Å². The number of rotatable bonds is 2. The van der Waals surface area contributed by atoms with Gasteiger partial charge in [-0.15, -0.1) is 0 Å². The Morgan fingerprint density at radius 3 is 1.05 bits per heavy atom. The van der Waals surface area contributed by atoms with Gasteiger partial charge in [0, 0.05) is 16.1 Å². The van der Waals surface area contributed by atoms with E-state index in [0.717, 1.165) is 0 Å². The van der Waals surface area contributed by atoms with Crippen molar-refractivity contribution in [3.63, 3.8) is 0 Å². The minimum Gasteiger partial charge on any atom is -0.798 e. The molecule has 0 bridgehead atoms. The maximum atomic E-state index is 10.3. The Morgan fingerprint density at radius 2 is 0.895 bits per heavy atom. The summed E-state index contributed by atoms with van der Waals surface area (Å²) in [5, 5.41) is 0.810. The Labute approximate surface area is 123 Å². The van der Waals surface area contributed by atoms with Gasteiger partial charge in [-0.2, -0.15) is 0 Å². The van der Waals surface area contributed by atoms with Crippen LogP contribution in [0.2, 0.25) is 0 Å². The first-order valence-electron chi connectivity index (χ1n) is 5.14. The van der Waals surface area contributed by atoms with E-state index >= 15 is 0 Å². The molecule has 0 aliphatic carbocycles. The van der Waals surface area contributed by atoms with Gasteiger partial charge in [0.1, 0.15) is 0 Å². The largest absolute Gasteiger partial charge is 2.00 e. The summed E-state index contributed by atoms with van der Waals surface area (Å²) in [6.45, 7) is 0. The molecule has 0 radical (unpaired) electrons. The van der Waals surface area contributed by atoms with Crippen LogP contribution in [0.5, 0.6) is 0 Å². The molecule has 0 aliphatic rings. The van der Waals surface area contributed by atoms with Gasteiger partial charge in [0.25, 0.3) is 0 Å². The summed E-state index contributed by atoms with van der Waals surface area (Å²) in [5.74, 6) is 0. The molecule has 4 nitrogen and oxygen atoms in total. The van der Waals surface area contributed by atoms with E-state index in [-0.39, 0.29) is 17.1 Å². The average molecular weight is 338 g/mol. The molecule has 0 aliphatic heterocycles. The van der Waals surface area contributed by atoms with Gasteiger partial charge in [0.05, 0.1) is 0 Å². The predicted molar refractivity (Wildman–Crippen MR) is 70.2 cm³/mol. The average Bonchev–Trinajstić information content (AvgIpc) is 2.41. The summed E-state index contributed by atoms with van der Waals surface area (Å²) in [4.78, 5) is 20.6. The summed E-state index contributed by atoms with van der Waals surface area (Å²) >= 11 is 0. The van der Waals surface area contributed by atoms with Crippen LogP contribution in [0.3, 0.4) is 0 Å². The summed E-state index contributed by atoms with van der Waals surface area (Å²) in [6.07, 6.45) is 0. The molecule has 0 saturated heterocycles. The number of hydrogen-bond donors (Lipinski definition) is 0. The number of hydrogen-bond acceptors (Lipinski definition) is 4. The van der Waals surface area contributed by atoms with Crippen molar-refractivity contribution in [3.8, 4) is 0 Å². The Bertz CT molecular complexity index is 470. The van der Waals surface area contributed by atoms with Crippen LogP contribution in [0.4, 0.5) is 0 Å². The Morgan fingerprint density at radius 1 is 0.632 bits per heavy atom. The fraction of sp³-hybridized carbons (Fsp3) is 0. The zero-order valence-corrected chi connectivity index (χ0v) is 12.9. The van der Waals surface area contributed by atoms with E-state index in [0.29, 0.717) is 10.6 Å². The molecule has 0 saturated carbocycles. The van der Waals surface area contributed by atoms with Gasteiger partial charge in [-0.25, -0.2) is 0 Å². The molecule has 7 heteroatoms. The molecule has 19 heavy (non-hydrogen) atoms. The maximum absolute atomic E-state index is 10.3. The van der Waals surface area contributed by atoms with Crippen LogP contribution in [-0.2, 0) is 26.2 Å². The van der Waals surface area contributed by atoms with Gasteiger partial charge < -0.3 is 18.9 Å². The Balaban J connectivity index is 0.000000324. The van der Waals surface area contributed by atoms with E-state index in [9.17, 15) is 18.9 Å². The van der Waals surface area contributed by atoms with Gasteiger partial charge in [0.15, 0.2) is 0 Å². The van der Waals surface area contributed by atoms with Crippen LogP contribution in [0.25, 0.3) is 0 Å². The fourth-order valence-electron chi connectivity index (χ4n) is 1.15. The van der Waals surface area contributed by atoms with Crippen molar-refractivity contribution < 1.29 is 36.0 Å². The SMILES string of the molecule is O=[PH]([O-])c1ccccc1.O=[PH]([O-])c1ccccc1.[Fe+2]. The molecule has 0 aromatic heterocycles. The van der Waals surface area contributed by atoms with Crippen molar-refractivity contribution in [1.82, 2.24) is 0 Å². The van der Waals surface area contributed by atoms with E-state index in [1.807, 2.05) is 0 Å². The molecule has 2 unspecified atom stereocenters. The third-order valence-electron chi connectivity index (χ3n) is 2.02. The maximum Gasteiger partial charge on any atom is 2.00 e. The van der Waals surface area contributed by atoms with Gasteiger partial charge >= 0.3 is 17.1 Å². The van der Waals surface area contributed by atoms with Crippen molar-refractivity contribution in [2.75, 3.05) is 0 Å². The second-order valence-electron chi connectivity index (χ2n) is 3.31. The monoisotopic (exact) mass is 338 g/mol. The van der Waals surface area contributed by atoms with E-state index in [1.165, 1.54) is 0 Å². The van der Waals surface area contributed by atoms with E-state index in [4.69, 9.17) is 0 Å². The molecule has 2 atom stereocenters. The summed E-state index contributed by atoms with van der Waals surface area (Å²) < 4.78 is 20.6. The molecule has 0 amide bonds. The van der Waals surface area contributed by atoms with E-state index in [2.05, 4.69) is 0 Å². The summed E-state index contributed by atoms with van der Waals surface area (Å²) in [6, 6.07) is 16.7. The molecule has 2 aromatic carbocycles. The van der Waals surface area contributed by atoms with Gasteiger partial charge in [0.2, 0.25) is 0 Å². The predicted octanol–water partition coefficient (Wildman–Crippen LogP) is 0.291. The second kappa shape index (κ2) is 10.2. The van der Waals surface area contributed by atoms with E-state index in [1.54, 1.807) is 60.7 Å². The van der Waals surface area contributed by atoms with Gasteiger partial charge in [-0.1, -0.05) is 60.7 Å². The molecule has 0 fully saturated rings. The Kier molecular flexibility index (Phi) is 9.81. The molecule has 0 heterocycles. The molecule has 0 N–H and O–H groups in total. The van der Waals surface area contributed by atoms with Crippen molar-refractivity contribution >= 4 is 26.7 Å². The topological polar surface area (TPSA) is 80.3 Å². The normalized spacial score (nSPS) is 12.3. The fourth-order valence-corrected chi connectivity index (χ4v) is 2.08. The Hall–Kier alpha value is -0.661. The van der Waals surface area contributed by atoms with Crippen LogP contribution in [-0.4, -0.2) is 0 Å². The first kappa shape index (κ1) is 18.3. The van der Waals surface area contributed by atoms with E-state index < -0.39 is 16.1 Å². The van der Waals surface area contributed by atoms with Crippen LogP contribution in [0.1, 0.15) is 0 Å². The van der Waals surface area contributed by atoms with Crippen LogP contribution in [0, 0.1) is 0 Å². The smallest absolute Gasteiger partial charge is 0.798 e. The molecule has 102 valence electrons. The van der Waals surface area contributed by atoms with Crippen LogP contribution in [0.15, 0.2) is 60.7 Å². The first-order chi connectivity index (χ1) is 8.61. The standard InChI is InChI=1S/2C6H7O2P.Fe/c2*7-9(8)6-4-2-1-3-5-6;/h2*1-5,9H,(H,7,8);/q;;+2/p-2. The molecular formula is C12H12FeO4P2. The first-order valence-corrected chi connectivity index (χ1v) is 7.77. The van der Waals surface area contributed by atoms with Crippen molar-refractivity contribution in [2.45, 2.75) is 0 Å². The van der Waals surface area contributed by atoms with Crippen LogP contribution < -0.4 is 20.4 Å². The molecular weight excluding hydrogens is 326 g/mol. The van der Waals surface area contributed by atoms with Crippen molar-refractivity contribution in [2.24, 2.45) is 0 Å². The molecule has 0 spiro atoms. The summed E-state index contributed by atoms with van der Waals surface area (Å²) in [7, 11) is -5.42. The zero-order valence-electron chi connectivity index (χ0n) is 9.76. The molecule has 2 rings (SSSR count). The minimum absolute atomic E-state index is 0. The zero-order chi connectivity index (χ0) is 13.4. The van der Waals surface area contributed by atoms with Crippen molar-refractivity contribution in [1.29, 1.82) is 0 Å². The second-order valence-corrected chi connectivity index (χ2v) is 5.61.